The number of aromatic nitrogens is 2. The molecule has 1 saturated heterocycles. The van der Waals surface area contributed by atoms with E-state index in [4.69, 9.17) is 9.26 Å². The lowest BCUT2D eigenvalue weighted by atomic mass is 10.1. The molecular formula is C22H19N3O5. The third kappa shape index (κ3) is 3.98. The van der Waals surface area contributed by atoms with Crippen molar-refractivity contribution < 1.29 is 23.6 Å². The summed E-state index contributed by atoms with van der Waals surface area (Å²) in [7, 11) is 0. The molecule has 2 amide bonds. The number of rotatable bonds is 6. The Hall–Kier alpha value is -3.81. The fraction of sp³-hybridized carbons (Fsp3) is 0.227. The number of ether oxygens (including phenoxy) is 1. The quantitative estimate of drug-likeness (QED) is 0.458. The van der Waals surface area contributed by atoms with Crippen molar-refractivity contribution in [2.75, 3.05) is 4.90 Å². The lowest BCUT2D eigenvalue weighted by Crippen LogP contribution is -2.28. The molecule has 0 unspecified atom stereocenters. The minimum Gasteiger partial charge on any atom is -0.452 e. The third-order valence-electron chi connectivity index (χ3n) is 4.81. The molecule has 0 N–H and O–H groups in total. The minimum absolute atomic E-state index is 0.166. The van der Waals surface area contributed by atoms with E-state index in [1.54, 1.807) is 18.2 Å². The fourth-order valence-corrected chi connectivity index (χ4v) is 3.17. The molecule has 2 aromatic carbocycles. The number of nitrogens with zero attached hydrogens (tertiary/aromatic N) is 3. The van der Waals surface area contributed by atoms with Gasteiger partial charge in [-0.1, -0.05) is 42.4 Å². The van der Waals surface area contributed by atoms with Gasteiger partial charge in [-0.25, -0.2) is 4.79 Å². The Bertz CT molecular complexity index is 1090. The summed E-state index contributed by atoms with van der Waals surface area (Å²) in [6.45, 7) is 1.89. The van der Waals surface area contributed by atoms with Crippen LogP contribution in [0.25, 0.3) is 11.4 Å². The van der Waals surface area contributed by atoms with Gasteiger partial charge < -0.3 is 9.26 Å². The monoisotopic (exact) mass is 405 g/mol. The first kappa shape index (κ1) is 19.5. The zero-order valence-electron chi connectivity index (χ0n) is 16.3. The third-order valence-corrected chi connectivity index (χ3v) is 4.81. The molecule has 0 radical (unpaired) electrons. The van der Waals surface area contributed by atoms with Crippen LogP contribution in [-0.4, -0.2) is 27.9 Å². The van der Waals surface area contributed by atoms with Crippen LogP contribution in [0.1, 0.15) is 41.6 Å². The van der Waals surface area contributed by atoms with Gasteiger partial charge in [-0.3, -0.25) is 14.5 Å². The summed E-state index contributed by atoms with van der Waals surface area (Å²) < 4.78 is 10.4. The van der Waals surface area contributed by atoms with Gasteiger partial charge in [0.2, 0.25) is 17.6 Å². The standard InChI is InChI=1S/C22H19N3O5/c1-2-14-6-8-15(9-7-14)21-23-18(30-24-21)13-29-22(28)16-4-3-5-17(12-16)25-19(26)10-11-20(25)27/h3-9,12H,2,10-11,13H2,1H3. The van der Waals surface area contributed by atoms with Crippen LogP contribution in [0.3, 0.4) is 0 Å². The molecule has 30 heavy (non-hydrogen) atoms. The summed E-state index contributed by atoms with van der Waals surface area (Å²) in [6, 6.07) is 14.0. The van der Waals surface area contributed by atoms with Gasteiger partial charge in [0.15, 0.2) is 6.61 Å². The average molecular weight is 405 g/mol. The molecule has 8 heteroatoms. The van der Waals surface area contributed by atoms with E-state index >= 15 is 0 Å². The Morgan fingerprint density at radius 3 is 2.53 bits per heavy atom. The molecule has 8 nitrogen and oxygen atoms in total. The van der Waals surface area contributed by atoms with Gasteiger partial charge in [0, 0.05) is 18.4 Å². The first-order valence-corrected chi connectivity index (χ1v) is 9.60. The second-order valence-corrected chi connectivity index (χ2v) is 6.81. The van der Waals surface area contributed by atoms with Gasteiger partial charge >= 0.3 is 5.97 Å². The SMILES string of the molecule is CCc1ccc(-c2noc(COC(=O)c3cccc(N4C(=O)CCC4=O)c3)n2)cc1. The molecule has 1 fully saturated rings. The smallest absolute Gasteiger partial charge is 0.338 e. The number of benzene rings is 2. The Morgan fingerprint density at radius 1 is 1.10 bits per heavy atom. The van der Waals surface area contributed by atoms with Gasteiger partial charge in [-0.15, -0.1) is 0 Å². The zero-order valence-corrected chi connectivity index (χ0v) is 16.3. The van der Waals surface area contributed by atoms with Crippen LogP contribution < -0.4 is 4.90 Å². The van der Waals surface area contributed by atoms with Gasteiger partial charge in [-0.2, -0.15) is 4.98 Å². The Kier molecular flexibility index (Phi) is 5.38. The van der Waals surface area contributed by atoms with E-state index in [2.05, 4.69) is 17.1 Å². The summed E-state index contributed by atoms with van der Waals surface area (Å²) in [6.07, 6.45) is 1.29. The molecule has 1 aliphatic heterocycles. The van der Waals surface area contributed by atoms with Gasteiger partial charge in [0.25, 0.3) is 5.89 Å². The Labute approximate surface area is 172 Å². The van der Waals surface area contributed by atoms with Crippen LogP contribution >= 0.6 is 0 Å². The molecule has 0 saturated carbocycles. The van der Waals surface area contributed by atoms with Crippen molar-refractivity contribution in [3.8, 4) is 11.4 Å². The number of aryl methyl sites for hydroxylation is 1. The van der Waals surface area contributed by atoms with Crippen molar-refractivity contribution in [3.05, 3.63) is 65.5 Å². The number of anilines is 1. The number of imide groups is 1. The summed E-state index contributed by atoms with van der Waals surface area (Å²) in [5, 5.41) is 3.92. The minimum atomic E-state index is -0.622. The highest BCUT2D eigenvalue weighted by Crippen LogP contribution is 2.24. The summed E-state index contributed by atoms with van der Waals surface area (Å²) in [5.74, 6) is -0.606. The second-order valence-electron chi connectivity index (χ2n) is 6.81. The van der Waals surface area contributed by atoms with Crippen molar-refractivity contribution in [2.24, 2.45) is 0 Å². The second kappa shape index (κ2) is 8.28. The van der Waals surface area contributed by atoms with E-state index in [1.165, 1.54) is 11.6 Å². The molecule has 0 spiro atoms. The van der Waals surface area contributed by atoms with Crippen molar-refractivity contribution in [2.45, 2.75) is 32.8 Å². The lowest BCUT2D eigenvalue weighted by molar-refractivity contribution is -0.121. The van der Waals surface area contributed by atoms with Crippen LogP contribution in [0.4, 0.5) is 5.69 Å². The largest absolute Gasteiger partial charge is 0.452 e. The van der Waals surface area contributed by atoms with Crippen LogP contribution in [0.15, 0.2) is 53.1 Å². The maximum Gasteiger partial charge on any atom is 0.338 e. The van der Waals surface area contributed by atoms with Crippen LogP contribution in [0.2, 0.25) is 0 Å². The van der Waals surface area contributed by atoms with Crippen LogP contribution in [0, 0.1) is 0 Å². The van der Waals surface area contributed by atoms with Crippen molar-refractivity contribution in [3.63, 3.8) is 0 Å². The zero-order chi connectivity index (χ0) is 21.1. The highest BCUT2D eigenvalue weighted by atomic mass is 16.6. The van der Waals surface area contributed by atoms with Gasteiger partial charge in [0.05, 0.1) is 11.3 Å². The molecule has 152 valence electrons. The predicted octanol–water partition coefficient (Wildman–Crippen LogP) is 3.31. The topological polar surface area (TPSA) is 103 Å². The van der Waals surface area contributed by atoms with Gasteiger partial charge in [-0.05, 0) is 30.2 Å². The summed E-state index contributed by atoms with van der Waals surface area (Å²) in [4.78, 5) is 41.5. The highest BCUT2D eigenvalue weighted by Gasteiger charge is 2.30. The lowest BCUT2D eigenvalue weighted by Gasteiger charge is -2.14. The van der Waals surface area contributed by atoms with Crippen LogP contribution in [-0.2, 0) is 27.4 Å². The van der Waals surface area contributed by atoms with Crippen molar-refractivity contribution in [1.29, 1.82) is 0 Å². The molecule has 3 aromatic rings. The van der Waals surface area contributed by atoms with E-state index < -0.39 is 5.97 Å². The van der Waals surface area contributed by atoms with E-state index in [9.17, 15) is 14.4 Å². The average Bonchev–Trinajstić information content (AvgIpc) is 3.38. The van der Waals surface area contributed by atoms with E-state index in [-0.39, 0.29) is 42.7 Å². The van der Waals surface area contributed by atoms with Crippen molar-refractivity contribution >= 4 is 23.5 Å². The van der Waals surface area contributed by atoms with E-state index in [0.717, 1.165) is 16.9 Å². The number of carbonyl (C=O) groups excluding carboxylic acids is 3. The molecule has 0 bridgehead atoms. The number of esters is 1. The maximum absolute atomic E-state index is 12.4. The molecule has 1 aromatic heterocycles. The predicted molar refractivity (Wildman–Crippen MR) is 106 cm³/mol. The van der Waals surface area contributed by atoms with Crippen molar-refractivity contribution in [1.82, 2.24) is 10.1 Å². The van der Waals surface area contributed by atoms with E-state index in [0.29, 0.717) is 11.5 Å². The summed E-state index contributed by atoms with van der Waals surface area (Å²) >= 11 is 0. The molecule has 0 aliphatic carbocycles. The Balaban J connectivity index is 1.41. The number of hydrogen-bond acceptors (Lipinski definition) is 7. The molecule has 4 rings (SSSR count). The van der Waals surface area contributed by atoms with Crippen LogP contribution in [0.5, 0.6) is 0 Å². The van der Waals surface area contributed by atoms with Gasteiger partial charge in [0.1, 0.15) is 0 Å². The van der Waals surface area contributed by atoms with E-state index in [1.807, 2.05) is 24.3 Å². The highest BCUT2D eigenvalue weighted by molar-refractivity contribution is 6.20. The fourth-order valence-electron chi connectivity index (χ4n) is 3.17. The Morgan fingerprint density at radius 2 is 1.83 bits per heavy atom. The molecule has 1 aliphatic rings. The molecule has 0 atom stereocenters. The first-order valence-electron chi connectivity index (χ1n) is 9.60. The normalized spacial score (nSPS) is 13.7. The maximum atomic E-state index is 12.4. The summed E-state index contributed by atoms with van der Waals surface area (Å²) in [5.41, 5.74) is 2.58. The molecular weight excluding hydrogens is 386 g/mol. The number of hydrogen-bond donors (Lipinski definition) is 0. The number of carbonyl (C=O) groups is 3. The first-order chi connectivity index (χ1) is 14.5. The molecule has 2 heterocycles. The number of amides is 2.